The number of tetrazole rings is 1. The molecule has 0 radical (unpaired) electrons. The molecular weight excluding hydrogens is 144 g/mol. The van der Waals surface area contributed by atoms with Crippen molar-refractivity contribution >= 4 is 11.7 Å². The number of H-pyrrole nitrogens is 1. The lowest BCUT2D eigenvalue weighted by Gasteiger charge is -1.94. The van der Waals surface area contributed by atoms with Crippen LogP contribution in [0.25, 0.3) is 0 Å². The first kappa shape index (κ1) is 7.64. The molecule has 1 heterocycles. The summed E-state index contributed by atoms with van der Waals surface area (Å²) < 4.78 is 0. The van der Waals surface area contributed by atoms with Crippen LogP contribution >= 0.6 is 0 Å². The fraction of sp³-hybridized carbons (Fsp3) is 0.600. The number of hydrogen-bond donors (Lipinski definition) is 2. The second kappa shape index (κ2) is 3.65. The Morgan fingerprint density at radius 3 is 3.09 bits per heavy atom. The van der Waals surface area contributed by atoms with Crippen LogP contribution in [0.4, 0.5) is 5.95 Å². The van der Waals surface area contributed by atoms with Gasteiger partial charge < -0.3 is 0 Å². The lowest BCUT2D eigenvalue weighted by Crippen LogP contribution is -1.96. The first-order valence-electron chi connectivity index (χ1n) is 3.36. The van der Waals surface area contributed by atoms with Gasteiger partial charge in [-0.3, -0.25) is 0 Å². The van der Waals surface area contributed by atoms with Crippen LogP contribution in [0.5, 0.6) is 0 Å². The van der Waals surface area contributed by atoms with E-state index in [9.17, 15) is 0 Å². The summed E-state index contributed by atoms with van der Waals surface area (Å²) in [4.78, 5) is 0. The largest absolute Gasteiger partial charge is 0.260 e. The maximum Gasteiger partial charge on any atom is 0.260 e. The third kappa shape index (κ3) is 2.32. The molecule has 0 saturated heterocycles. The fourth-order valence-electron chi connectivity index (χ4n) is 0.434. The van der Waals surface area contributed by atoms with Gasteiger partial charge >= 0.3 is 0 Å². The third-order valence-electron chi connectivity index (χ3n) is 1.21. The van der Waals surface area contributed by atoms with Crippen molar-refractivity contribution in [3.63, 3.8) is 0 Å². The maximum absolute atomic E-state index is 3.98. The maximum atomic E-state index is 3.98. The summed E-state index contributed by atoms with van der Waals surface area (Å²) in [6.07, 6.45) is 0.911. The Bertz CT molecular complexity index is 225. The van der Waals surface area contributed by atoms with Gasteiger partial charge in [-0.05, 0) is 23.8 Å². The zero-order valence-electron chi connectivity index (χ0n) is 6.50. The fourth-order valence-corrected chi connectivity index (χ4v) is 0.434. The second-order valence-corrected chi connectivity index (χ2v) is 2.06. The van der Waals surface area contributed by atoms with Gasteiger partial charge in [0.2, 0.25) is 0 Å². The highest BCUT2D eigenvalue weighted by atomic mass is 15.5. The van der Waals surface area contributed by atoms with E-state index in [0.717, 1.165) is 12.1 Å². The topological polar surface area (TPSA) is 78.8 Å². The Kier molecular flexibility index (Phi) is 2.53. The molecule has 1 aromatic rings. The Morgan fingerprint density at radius 1 is 1.73 bits per heavy atom. The number of anilines is 1. The molecule has 60 valence electrons. The van der Waals surface area contributed by atoms with E-state index in [-0.39, 0.29) is 0 Å². The molecule has 0 aliphatic heterocycles. The predicted octanol–water partition coefficient (Wildman–Crippen LogP) is 0.397. The summed E-state index contributed by atoms with van der Waals surface area (Å²) in [5, 5.41) is 16.8. The number of hydrogen-bond acceptors (Lipinski definition) is 5. The van der Waals surface area contributed by atoms with Crippen LogP contribution in [0.2, 0.25) is 0 Å². The lowest BCUT2D eigenvalue weighted by atomic mass is 10.3. The molecule has 0 spiro atoms. The van der Waals surface area contributed by atoms with Crippen molar-refractivity contribution in [3.8, 4) is 0 Å². The average molecular weight is 154 g/mol. The minimum Gasteiger partial charge on any atom is -0.244 e. The first-order chi connectivity index (χ1) is 5.33. The van der Waals surface area contributed by atoms with E-state index in [4.69, 9.17) is 0 Å². The van der Waals surface area contributed by atoms with Crippen LogP contribution in [0.15, 0.2) is 5.10 Å². The van der Waals surface area contributed by atoms with Crippen LogP contribution in [0, 0.1) is 0 Å². The van der Waals surface area contributed by atoms with Crippen LogP contribution in [0.3, 0.4) is 0 Å². The molecule has 2 N–H and O–H groups in total. The molecule has 0 unspecified atom stereocenters. The Balaban J connectivity index is 2.45. The van der Waals surface area contributed by atoms with Crippen molar-refractivity contribution in [1.29, 1.82) is 0 Å². The van der Waals surface area contributed by atoms with Crippen LogP contribution in [0.1, 0.15) is 20.3 Å². The summed E-state index contributed by atoms with van der Waals surface area (Å²) >= 11 is 0. The summed E-state index contributed by atoms with van der Waals surface area (Å²) in [7, 11) is 0. The molecule has 1 aromatic heterocycles. The molecule has 6 heteroatoms. The third-order valence-corrected chi connectivity index (χ3v) is 1.21. The first-order valence-corrected chi connectivity index (χ1v) is 3.36. The molecular formula is C5H10N6. The van der Waals surface area contributed by atoms with E-state index in [2.05, 4.69) is 31.2 Å². The number of aromatic amines is 1. The van der Waals surface area contributed by atoms with Gasteiger partial charge in [0.25, 0.3) is 5.95 Å². The van der Waals surface area contributed by atoms with E-state index in [1.165, 1.54) is 0 Å². The Hall–Kier alpha value is -1.46. The zero-order chi connectivity index (χ0) is 8.10. The molecule has 1 rings (SSSR count). The molecule has 0 aliphatic rings. The van der Waals surface area contributed by atoms with Gasteiger partial charge in [0, 0.05) is 5.71 Å². The average Bonchev–Trinajstić information content (AvgIpc) is 2.52. The molecule has 0 fully saturated rings. The zero-order valence-corrected chi connectivity index (χ0v) is 6.50. The summed E-state index contributed by atoms with van der Waals surface area (Å²) in [6.45, 7) is 3.95. The van der Waals surface area contributed by atoms with Crippen molar-refractivity contribution in [2.24, 2.45) is 5.10 Å². The van der Waals surface area contributed by atoms with Gasteiger partial charge in [-0.2, -0.15) is 5.10 Å². The molecule has 0 saturated carbocycles. The number of hydrazone groups is 1. The van der Waals surface area contributed by atoms with Crippen LogP contribution in [-0.2, 0) is 0 Å². The quantitative estimate of drug-likeness (QED) is 0.487. The van der Waals surface area contributed by atoms with Crippen molar-refractivity contribution in [2.45, 2.75) is 20.3 Å². The van der Waals surface area contributed by atoms with Crippen molar-refractivity contribution in [3.05, 3.63) is 0 Å². The second-order valence-electron chi connectivity index (χ2n) is 2.06. The van der Waals surface area contributed by atoms with Crippen LogP contribution < -0.4 is 5.43 Å². The number of aromatic nitrogens is 4. The normalized spacial score (nSPS) is 11.6. The number of rotatable bonds is 3. The molecule has 6 nitrogen and oxygen atoms in total. The van der Waals surface area contributed by atoms with E-state index >= 15 is 0 Å². The molecule has 0 bridgehead atoms. The summed E-state index contributed by atoms with van der Waals surface area (Å²) in [5.74, 6) is 0.456. The number of nitrogens with zero attached hydrogens (tertiary/aromatic N) is 4. The SMILES string of the molecule is CC/C(C)=N/Nc1nnn[nH]1. The highest BCUT2D eigenvalue weighted by Gasteiger charge is 1.91. The summed E-state index contributed by atoms with van der Waals surface area (Å²) in [6, 6.07) is 0. The minimum atomic E-state index is 0.456. The Labute approximate surface area is 64.1 Å². The summed E-state index contributed by atoms with van der Waals surface area (Å²) in [5.41, 5.74) is 3.67. The van der Waals surface area contributed by atoms with Crippen LogP contribution in [-0.4, -0.2) is 26.3 Å². The van der Waals surface area contributed by atoms with E-state index in [0.29, 0.717) is 5.95 Å². The van der Waals surface area contributed by atoms with Crippen molar-refractivity contribution in [1.82, 2.24) is 20.6 Å². The predicted molar refractivity (Wildman–Crippen MR) is 41.2 cm³/mol. The van der Waals surface area contributed by atoms with Gasteiger partial charge in [-0.15, -0.1) is 0 Å². The van der Waals surface area contributed by atoms with Crippen molar-refractivity contribution in [2.75, 3.05) is 5.43 Å². The van der Waals surface area contributed by atoms with Gasteiger partial charge in [0.05, 0.1) is 0 Å². The van der Waals surface area contributed by atoms with Crippen molar-refractivity contribution < 1.29 is 0 Å². The molecule has 0 aliphatic carbocycles. The van der Waals surface area contributed by atoms with Gasteiger partial charge in [0.15, 0.2) is 0 Å². The van der Waals surface area contributed by atoms with E-state index in [1.54, 1.807) is 0 Å². The van der Waals surface area contributed by atoms with E-state index < -0.39 is 0 Å². The monoisotopic (exact) mass is 154 g/mol. The molecule has 11 heavy (non-hydrogen) atoms. The number of nitrogens with one attached hydrogen (secondary N) is 2. The Morgan fingerprint density at radius 2 is 2.55 bits per heavy atom. The molecule has 0 atom stereocenters. The standard InChI is InChI=1S/C5H10N6/c1-3-4(2)6-7-5-8-10-11-9-5/h3H2,1-2H3,(H2,7,8,9,10,11)/b6-4+. The lowest BCUT2D eigenvalue weighted by molar-refractivity contribution is 0.881. The molecule has 0 aromatic carbocycles. The van der Waals surface area contributed by atoms with Gasteiger partial charge in [-0.25, -0.2) is 10.5 Å². The van der Waals surface area contributed by atoms with Gasteiger partial charge in [-0.1, -0.05) is 12.0 Å². The minimum absolute atomic E-state index is 0.456. The molecule has 0 amide bonds. The van der Waals surface area contributed by atoms with E-state index in [1.807, 2.05) is 13.8 Å². The smallest absolute Gasteiger partial charge is 0.244 e. The van der Waals surface area contributed by atoms with Gasteiger partial charge in [0.1, 0.15) is 0 Å². The highest BCUT2D eigenvalue weighted by molar-refractivity contribution is 5.82. The highest BCUT2D eigenvalue weighted by Crippen LogP contribution is 1.91.